The molecule has 0 aliphatic heterocycles. The van der Waals surface area contributed by atoms with Gasteiger partial charge >= 0.3 is 5.97 Å². The Balaban J connectivity index is 4.26. The summed E-state index contributed by atoms with van der Waals surface area (Å²) in [6.07, 6.45) is 0.0626. The van der Waals surface area contributed by atoms with Crippen LogP contribution >= 0.6 is 0 Å². The minimum atomic E-state index is -0.839. The van der Waals surface area contributed by atoms with Crippen LogP contribution in [0, 0.1) is 0 Å². The molecule has 0 aliphatic carbocycles. The van der Waals surface area contributed by atoms with E-state index in [1.165, 1.54) is 0 Å². The second-order valence-corrected chi connectivity index (χ2v) is 4.87. The van der Waals surface area contributed by atoms with Crippen molar-refractivity contribution in [2.75, 3.05) is 20.1 Å². The topological polar surface area (TPSA) is 60.9 Å². The van der Waals surface area contributed by atoms with Crippen LogP contribution in [0.15, 0.2) is 0 Å². The summed E-state index contributed by atoms with van der Waals surface area (Å²) in [5, 5.41) is 8.56. The van der Waals surface area contributed by atoms with Gasteiger partial charge in [0.2, 0.25) is 5.91 Å². The molecule has 0 aliphatic rings. The maximum atomic E-state index is 12.0. The molecule has 17 heavy (non-hydrogen) atoms. The second-order valence-electron chi connectivity index (χ2n) is 4.87. The molecular formula is C12H24N2O3. The van der Waals surface area contributed by atoms with Gasteiger partial charge in [-0.1, -0.05) is 0 Å². The molecule has 0 bridgehead atoms. The average Bonchev–Trinajstić information content (AvgIpc) is 2.12. The first-order valence-electron chi connectivity index (χ1n) is 5.97. The van der Waals surface area contributed by atoms with Gasteiger partial charge in [-0.05, 0) is 34.7 Å². The third kappa shape index (κ3) is 6.26. The molecule has 100 valence electrons. The van der Waals surface area contributed by atoms with E-state index in [9.17, 15) is 9.59 Å². The summed E-state index contributed by atoms with van der Waals surface area (Å²) < 4.78 is 0. The molecule has 1 N–H and O–H groups in total. The lowest BCUT2D eigenvalue weighted by atomic mass is 10.2. The highest BCUT2D eigenvalue weighted by Gasteiger charge is 2.21. The lowest BCUT2D eigenvalue weighted by Crippen LogP contribution is -2.46. The monoisotopic (exact) mass is 244 g/mol. The number of aliphatic carboxylic acids is 1. The van der Waals surface area contributed by atoms with Crippen molar-refractivity contribution >= 4 is 11.9 Å². The number of carbonyl (C=O) groups excluding carboxylic acids is 1. The molecule has 0 atom stereocenters. The van der Waals surface area contributed by atoms with Crippen LogP contribution in [0.25, 0.3) is 0 Å². The van der Waals surface area contributed by atoms with Crippen LogP contribution in [0.1, 0.15) is 34.1 Å². The number of rotatable bonds is 7. The molecule has 5 heteroatoms. The van der Waals surface area contributed by atoms with Crippen molar-refractivity contribution in [3.8, 4) is 0 Å². The Labute approximate surface area is 103 Å². The number of hydrogen-bond acceptors (Lipinski definition) is 3. The fourth-order valence-corrected chi connectivity index (χ4v) is 1.85. The van der Waals surface area contributed by atoms with Gasteiger partial charge in [-0.25, -0.2) is 0 Å². The molecule has 0 spiro atoms. The molecule has 0 unspecified atom stereocenters. The van der Waals surface area contributed by atoms with E-state index in [0.717, 1.165) is 0 Å². The van der Waals surface area contributed by atoms with Crippen LogP contribution in [0.4, 0.5) is 0 Å². The number of likely N-dealkylation sites (N-methyl/N-ethyl adjacent to an activating group) is 1. The first-order valence-corrected chi connectivity index (χ1v) is 5.97. The Morgan fingerprint density at radius 3 is 1.94 bits per heavy atom. The summed E-state index contributed by atoms with van der Waals surface area (Å²) in [7, 11) is 1.76. The second kappa shape index (κ2) is 7.27. The van der Waals surface area contributed by atoms with Gasteiger partial charge in [0, 0.05) is 18.6 Å². The van der Waals surface area contributed by atoms with Crippen molar-refractivity contribution in [3.63, 3.8) is 0 Å². The molecule has 0 fully saturated rings. The number of carboxylic acids is 1. The number of nitrogens with zero attached hydrogens (tertiary/aromatic N) is 2. The van der Waals surface area contributed by atoms with E-state index in [0.29, 0.717) is 6.54 Å². The van der Waals surface area contributed by atoms with Gasteiger partial charge in [0.1, 0.15) is 0 Å². The number of hydrogen-bond donors (Lipinski definition) is 1. The summed E-state index contributed by atoms with van der Waals surface area (Å²) >= 11 is 0. The van der Waals surface area contributed by atoms with Crippen molar-refractivity contribution < 1.29 is 14.7 Å². The van der Waals surface area contributed by atoms with Crippen LogP contribution in [-0.2, 0) is 9.59 Å². The molecule has 0 saturated carbocycles. The molecule has 0 saturated heterocycles. The first-order chi connectivity index (χ1) is 7.75. The van der Waals surface area contributed by atoms with Crippen LogP contribution in [0.2, 0.25) is 0 Å². The van der Waals surface area contributed by atoms with Crippen molar-refractivity contribution in [3.05, 3.63) is 0 Å². The van der Waals surface area contributed by atoms with E-state index in [1.54, 1.807) is 11.9 Å². The van der Waals surface area contributed by atoms with Gasteiger partial charge < -0.3 is 10.0 Å². The highest BCUT2D eigenvalue weighted by atomic mass is 16.4. The van der Waals surface area contributed by atoms with E-state index < -0.39 is 5.97 Å². The summed E-state index contributed by atoms with van der Waals surface area (Å²) in [4.78, 5) is 26.0. The zero-order valence-corrected chi connectivity index (χ0v) is 11.4. The molecule has 0 aromatic rings. The minimum absolute atomic E-state index is 0.0443. The zero-order chi connectivity index (χ0) is 13.6. The van der Waals surface area contributed by atoms with Crippen molar-refractivity contribution in [1.82, 2.24) is 9.80 Å². The molecule has 0 rings (SSSR count). The standard InChI is InChI=1S/C12H24N2O3/c1-9(2)14(10(3)4)11(15)8-13(5)7-6-12(16)17/h9-10H,6-8H2,1-5H3,(H,16,17). The van der Waals surface area contributed by atoms with E-state index >= 15 is 0 Å². The Morgan fingerprint density at radius 1 is 1.12 bits per heavy atom. The van der Waals surface area contributed by atoms with E-state index in [2.05, 4.69) is 0 Å². The van der Waals surface area contributed by atoms with E-state index in [4.69, 9.17) is 5.11 Å². The molecule has 0 radical (unpaired) electrons. The maximum absolute atomic E-state index is 12.0. The third-order valence-corrected chi connectivity index (χ3v) is 2.51. The number of carboxylic acid groups (broad SMARTS) is 1. The Hall–Kier alpha value is -1.10. The Kier molecular flexibility index (Phi) is 6.80. The average molecular weight is 244 g/mol. The third-order valence-electron chi connectivity index (χ3n) is 2.51. The van der Waals surface area contributed by atoms with Crippen LogP contribution in [0.3, 0.4) is 0 Å². The summed E-state index contributed by atoms with van der Waals surface area (Å²) in [6.45, 7) is 8.59. The quantitative estimate of drug-likeness (QED) is 0.727. The smallest absolute Gasteiger partial charge is 0.304 e. The number of amides is 1. The maximum Gasteiger partial charge on any atom is 0.304 e. The van der Waals surface area contributed by atoms with Crippen LogP contribution in [0.5, 0.6) is 0 Å². The molecule has 0 heterocycles. The fourth-order valence-electron chi connectivity index (χ4n) is 1.85. The fraction of sp³-hybridized carbons (Fsp3) is 0.833. The SMILES string of the molecule is CC(C)N(C(=O)CN(C)CCC(=O)O)C(C)C. The largest absolute Gasteiger partial charge is 0.481 e. The summed E-state index contributed by atoms with van der Waals surface area (Å²) in [5.41, 5.74) is 0. The first kappa shape index (κ1) is 15.9. The van der Waals surface area contributed by atoms with Gasteiger partial charge in [-0.2, -0.15) is 0 Å². The molecule has 0 aromatic heterocycles. The predicted molar refractivity (Wildman–Crippen MR) is 66.9 cm³/mol. The van der Waals surface area contributed by atoms with Crippen LogP contribution < -0.4 is 0 Å². The number of carbonyl (C=O) groups is 2. The van der Waals surface area contributed by atoms with Gasteiger partial charge in [0.15, 0.2) is 0 Å². The summed E-state index contributed by atoms with van der Waals surface area (Å²) in [6, 6.07) is 0.325. The molecular weight excluding hydrogens is 220 g/mol. The summed E-state index contributed by atoms with van der Waals surface area (Å²) in [5.74, 6) is -0.795. The lowest BCUT2D eigenvalue weighted by molar-refractivity contribution is -0.139. The van der Waals surface area contributed by atoms with Crippen LogP contribution in [-0.4, -0.2) is 59.0 Å². The van der Waals surface area contributed by atoms with Crippen molar-refractivity contribution in [2.24, 2.45) is 0 Å². The Morgan fingerprint density at radius 2 is 1.59 bits per heavy atom. The highest BCUT2D eigenvalue weighted by molar-refractivity contribution is 5.78. The molecule has 1 amide bonds. The van der Waals surface area contributed by atoms with E-state index in [1.807, 2.05) is 32.6 Å². The van der Waals surface area contributed by atoms with Gasteiger partial charge in [0.25, 0.3) is 0 Å². The normalized spacial score (nSPS) is 11.3. The van der Waals surface area contributed by atoms with Gasteiger partial charge in [-0.15, -0.1) is 0 Å². The molecule has 0 aromatic carbocycles. The van der Waals surface area contributed by atoms with Crippen molar-refractivity contribution in [2.45, 2.75) is 46.2 Å². The predicted octanol–water partition coefficient (Wildman–Crippen LogP) is 1.04. The van der Waals surface area contributed by atoms with Gasteiger partial charge in [-0.3, -0.25) is 14.5 Å². The highest BCUT2D eigenvalue weighted by Crippen LogP contribution is 2.06. The minimum Gasteiger partial charge on any atom is -0.481 e. The zero-order valence-electron chi connectivity index (χ0n) is 11.4. The Bertz CT molecular complexity index is 256. The molecule has 5 nitrogen and oxygen atoms in total. The van der Waals surface area contributed by atoms with Crippen molar-refractivity contribution in [1.29, 1.82) is 0 Å². The van der Waals surface area contributed by atoms with E-state index in [-0.39, 0.29) is 31.0 Å². The lowest BCUT2D eigenvalue weighted by Gasteiger charge is -2.32. The van der Waals surface area contributed by atoms with Gasteiger partial charge in [0.05, 0.1) is 13.0 Å².